The maximum absolute atomic E-state index is 12.0. The van der Waals surface area contributed by atoms with Crippen molar-refractivity contribution in [2.45, 2.75) is 13.1 Å². The maximum Gasteiger partial charge on any atom is 0.234 e. The number of benzene rings is 2. The SMILES string of the molecule is COCCNCC(=O)NCc1ccccc1-c1ccc(Cn2cccn2)cc1.Cl. The summed E-state index contributed by atoms with van der Waals surface area (Å²) in [6.07, 6.45) is 3.74. The van der Waals surface area contributed by atoms with Crippen LogP contribution in [0.25, 0.3) is 11.1 Å². The van der Waals surface area contributed by atoms with Crippen molar-refractivity contribution in [1.82, 2.24) is 20.4 Å². The van der Waals surface area contributed by atoms with Crippen molar-refractivity contribution in [2.24, 2.45) is 0 Å². The lowest BCUT2D eigenvalue weighted by Gasteiger charge is -2.12. The quantitative estimate of drug-likeness (QED) is 0.500. The average Bonchev–Trinajstić information content (AvgIpc) is 3.24. The second-order valence-electron chi connectivity index (χ2n) is 6.50. The molecular weight excluding hydrogens is 388 g/mol. The standard InChI is InChI=1S/C22H26N4O2.ClH/c1-28-14-12-23-16-22(27)24-15-20-5-2-3-6-21(20)19-9-7-18(8-10-19)17-26-13-4-11-25-26;/h2-11,13,23H,12,14-17H2,1H3,(H,24,27);1H. The maximum atomic E-state index is 12.0. The Bertz CT molecular complexity index is 867. The molecule has 0 spiro atoms. The van der Waals surface area contributed by atoms with Crippen LogP contribution in [0.15, 0.2) is 67.0 Å². The average molecular weight is 415 g/mol. The normalized spacial score (nSPS) is 10.4. The smallest absolute Gasteiger partial charge is 0.234 e. The molecule has 0 atom stereocenters. The molecule has 6 nitrogen and oxygen atoms in total. The summed E-state index contributed by atoms with van der Waals surface area (Å²) in [7, 11) is 1.64. The monoisotopic (exact) mass is 414 g/mol. The van der Waals surface area contributed by atoms with E-state index in [1.807, 2.05) is 35.1 Å². The number of rotatable bonds is 10. The molecule has 0 aliphatic carbocycles. The number of ether oxygens (including phenoxy) is 1. The van der Waals surface area contributed by atoms with Gasteiger partial charge in [-0.05, 0) is 28.3 Å². The van der Waals surface area contributed by atoms with Crippen LogP contribution < -0.4 is 10.6 Å². The molecule has 29 heavy (non-hydrogen) atoms. The zero-order valence-electron chi connectivity index (χ0n) is 16.5. The van der Waals surface area contributed by atoms with Crippen LogP contribution >= 0.6 is 12.4 Å². The fraction of sp³-hybridized carbons (Fsp3) is 0.273. The summed E-state index contributed by atoms with van der Waals surface area (Å²) in [5.41, 5.74) is 4.54. The van der Waals surface area contributed by atoms with E-state index in [0.29, 0.717) is 19.7 Å². The highest BCUT2D eigenvalue weighted by molar-refractivity contribution is 5.85. The zero-order chi connectivity index (χ0) is 19.6. The molecule has 1 aromatic heterocycles. The number of nitrogens with zero attached hydrogens (tertiary/aromatic N) is 2. The highest BCUT2D eigenvalue weighted by Gasteiger charge is 2.07. The van der Waals surface area contributed by atoms with Gasteiger partial charge in [0.25, 0.3) is 0 Å². The van der Waals surface area contributed by atoms with Crippen molar-refractivity contribution in [2.75, 3.05) is 26.8 Å². The fourth-order valence-electron chi connectivity index (χ4n) is 2.96. The summed E-state index contributed by atoms with van der Waals surface area (Å²) in [4.78, 5) is 12.0. The van der Waals surface area contributed by atoms with Gasteiger partial charge in [0.05, 0.1) is 19.7 Å². The third-order valence-corrected chi connectivity index (χ3v) is 4.43. The van der Waals surface area contributed by atoms with Gasteiger partial charge in [0.15, 0.2) is 0 Å². The van der Waals surface area contributed by atoms with E-state index in [9.17, 15) is 4.79 Å². The molecule has 0 bridgehead atoms. The minimum Gasteiger partial charge on any atom is -0.383 e. The molecule has 7 heteroatoms. The van der Waals surface area contributed by atoms with Crippen LogP contribution in [-0.2, 0) is 22.6 Å². The van der Waals surface area contributed by atoms with Crippen molar-refractivity contribution in [3.8, 4) is 11.1 Å². The third-order valence-electron chi connectivity index (χ3n) is 4.43. The predicted molar refractivity (Wildman–Crippen MR) is 117 cm³/mol. The summed E-state index contributed by atoms with van der Waals surface area (Å²) >= 11 is 0. The lowest BCUT2D eigenvalue weighted by Crippen LogP contribution is -2.34. The Balaban J connectivity index is 0.00000300. The molecule has 0 saturated carbocycles. The van der Waals surface area contributed by atoms with Crippen LogP contribution in [-0.4, -0.2) is 42.5 Å². The predicted octanol–water partition coefficient (Wildman–Crippen LogP) is 2.87. The van der Waals surface area contributed by atoms with E-state index in [-0.39, 0.29) is 24.9 Å². The Labute approximate surface area is 177 Å². The molecule has 0 aliphatic rings. The fourth-order valence-corrected chi connectivity index (χ4v) is 2.96. The van der Waals surface area contributed by atoms with Gasteiger partial charge in [-0.2, -0.15) is 5.10 Å². The second kappa shape index (κ2) is 12.0. The highest BCUT2D eigenvalue weighted by Crippen LogP contribution is 2.24. The number of carbonyl (C=O) groups is 1. The molecule has 154 valence electrons. The molecule has 0 radical (unpaired) electrons. The highest BCUT2D eigenvalue weighted by atomic mass is 35.5. The minimum atomic E-state index is -0.0273. The van der Waals surface area contributed by atoms with Crippen LogP contribution in [0.3, 0.4) is 0 Å². The van der Waals surface area contributed by atoms with Gasteiger partial charge >= 0.3 is 0 Å². The first-order valence-corrected chi connectivity index (χ1v) is 9.37. The Morgan fingerprint density at radius 2 is 1.90 bits per heavy atom. The first-order chi connectivity index (χ1) is 13.8. The summed E-state index contributed by atoms with van der Waals surface area (Å²) < 4.78 is 6.86. The van der Waals surface area contributed by atoms with Crippen molar-refractivity contribution in [1.29, 1.82) is 0 Å². The van der Waals surface area contributed by atoms with Crippen molar-refractivity contribution < 1.29 is 9.53 Å². The number of aromatic nitrogens is 2. The Morgan fingerprint density at radius 1 is 1.10 bits per heavy atom. The van der Waals surface area contributed by atoms with E-state index in [1.54, 1.807) is 13.3 Å². The molecule has 3 rings (SSSR count). The lowest BCUT2D eigenvalue weighted by molar-refractivity contribution is -0.120. The molecule has 1 amide bonds. The van der Waals surface area contributed by atoms with Crippen molar-refractivity contribution >= 4 is 18.3 Å². The molecule has 0 saturated heterocycles. The topological polar surface area (TPSA) is 68.2 Å². The van der Waals surface area contributed by atoms with E-state index < -0.39 is 0 Å². The summed E-state index contributed by atoms with van der Waals surface area (Å²) in [5, 5.41) is 10.3. The van der Waals surface area contributed by atoms with Gasteiger partial charge < -0.3 is 15.4 Å². The summed E-state index contributed by atoms with van der Waals surface area (Å²) in [6, 6.07) is 18.5. The first-order valence-electron chi connectivity index (χ1n) is 9.37. The number of hydrogen-bond donors (Lipinski definition) is 2. The third kappa shape index (κ3) is 7.02. The molecule has 1 heterocycles. The van der Waals surface area contributed by atoms with Crippen molar-refractivity contribution in [3.05, 3.63) is 78.1 Å². The lowest BCUT2D eigenvalue weighted by atomic mass is 9.98. The summed E-state index contributed by atoms with van der Waals surface area (Å²) in [5.74, 6) is -0.0273. The molecule has 0 fully saturated rings. The zero-order valence-corrected chi connectivity index (χ0v) is 17.3. The Hall–Kier alpha value is -2.67. The van der Waals surface area contributed by atoms with Crippen molar-refractivity contribution in [3.63, 3.8) is 0 Å². The van der Waals surface area contributed by atoms with Gasteiger partial charge in [0, 0.05) is 32.6 Å². The largest absolute Gasteiger partial charge is 0.383 e. The van der Waals surface area contributed by atoms with Crippen LogP contribution in [0.4, 0.5) is 0 Å². The minimum absolute atomic E-state index is 0. The second-order valence-corrected chi connectivity index (χ2v) is 6.50. The van der Waals surface area contributed by atoms with Gasteiger partial charge in [-0.3, -0.25) is 9.48 Å². The van der Waals surface area contributed by atoms with Gasteiger partial charge in [-0.1, -0.05) is 48.5 Å². The number of hydrogen-bond acceptors (Lipinski definition) is 4. The van der Waals surface area contributed by atoms with E-state index in [0.717, 1.165) is 23.2 Å². The van der Waals surface area contributed by atoms with E-state index in [1.165, 1.54) is 5.56 Å². The Morgan fingerprint density at radius 3 is 2.62 bits per heavy atom. The molecule has 0 aliphatic heterocycles. The van der Waals surface area contributed by atoms with Crippen LogP contribution in [0.1, 0.15) is 11.1 Å². The molecule has 2 aromatic carbocycles. The molecule has 3 aromatic rings. The summed E-state index contributed by atoms with van der Waals surface area (Å²) in [6.45, 7) is 2.78. The number of carbonyl (C=O) groups excluding carboxylic acids is 1. The van der Waals surface area contributed by atoms with Crippen LogP contribution in [0.2, 0.25) is 0 Å². The number of methoxy groups -OCH3 is 1. The molecule has 2 N–H and O–H groups in total. The van der Waals surface area contributed by atoms with Gasteiger partial charge in [0.2, 0.25) is 5.91 Å². The van der Waals surface area contributed by atoms with Crippen LogP contribution in [0.5, 0.6) is 0 Å². The molecule has 0 unspecified atom stereocenters. The van der Waals surface area contributed by atoms with Gasteiger partial charge in [0.1, 0.15) is 0 Å². The van der Waals surface area contributed by atoms with Crippen LogP contribution in [0, 0.1) is 0 Å². The number of halogens is 1. The van der Waals surface area contributed by atoms with E-state index in [4.69, 9.17) is 4.74 Å². The van der Waals surface area contributed by atoms with Gasteiger partial charge in [-0.25, -0.2) is 0 Å². The molecular formula is C22H27ClN4O2. The van der Waals surface area contributed by atoms with E-state index >= 15 is 0 Å². The van der Waals surface area contributed by atoms with E-state index in [2.05, 4.69) is 46.1 Å². The van der Waals surface area contributed by atoms with Gasteiger partial charge in [-0.15, -0.1) is 12.4 Å². The number of nitrogens with one attached hydrogen (secondary N) is 2. The first kappa shape index (κ1) is 22.6. The number of amides is 1. The Kier molecular flexibility index (Phi) is 9.37.